The summed E-state index contributed by atoms with van der Waals surface area (Å²) < 4.78 is 32.0. The van der Waals surface area contributed by atoms with Gasteiger partial charge in [0.15, 0.2) is 11.6 Å². The molecule has 3 rings (SSSR count). The standard InChI is InChI=1S/C20H22F2N2O/c1-15(8-11-24-12-9-23-10-13-24)16-2-5-18(6-3-16)25-20-7-4-17(21)14-19(20)22/h2-8,14,23H,9-13H2,1H3/b15-8-. The number of nitrogens with zero attached hydrogens (tertiary/aromatic N) is 1. The third kappa shape index (κ3) is 4.87. The van der Waals surface area contributed by atoms with Crippen LogP contribution in [-0.2, 0) is 0 Å². The molecule has 0 atom stereocenters. The Balaban J connectivity index is 1.62. The molecule has 3 nitrogen and oxygen atoms in total. The number of nitrogens with one attached hydrogen (secondary N) is 1. The zero-order chi connectivity index (χ0) is 17.6. The zero-order valence-corrected chi connectivity index (χ0v) is 14.3. The highest BCUT2D eigenvalue weighted by Crippen LogP contribution is 2.26. The van der Waals surface area contributed by atoms with Gasteiger partial charge in [0.25, 0.3) is 0 Å². The van der Waals surface area contributed by atoms with Gasteiger partial charge in [0, 0.05) is 38.8 Å². The van der Waals surface area contributed by atoms with Gasteiger partial charge in [0.1, 0.15) is 11.6 Å². The highest BCUT2D eigenvalue weighted by atomic mass is 19.1. The van der Waals surface area contributed by atoms with E-state index in [0.717, 1.165) is 44.4 Å². The quantitative estimate of drug-likeness (QED) is 0.885. The summed E-state index contributed by atoms with van der Waals surface area (Å²) in [5.74, 6) is -0.800. The van der Waals surface area contributed by atoms with Crippen LogP contribution in [0.4, 0.5) is 8.78 Å². The van der Waals surface area contributed by atoms with Gasteiger partial charge in [-0.05, 0) is 42.3 Å². The summed E-state index contributed by atoms with van der Waals surface area (Å²) in [5.41, 5.74) is 2.29. The van der Waals surface area contributed by atoms with Crippen LogP contribution in [0.25, 0.3) is 5.57 Å². The Morgan fingerprint density at radius 2 is 1.84 bits per heavy atom. The third-order valence-corrected chi connectivity index (χ3v) is 4.30. The number of halogens is 2. The molecule has 0 saturated carbocycles. The minimum atomic E-state index is -0.712. The average Bonchev–Trinajstić information content (AvgIpc) is 2.63. The van der Waals surface area contributed by atoms with Gasteiger partial charge in [-0.1, -0.05) is 18.2 Å². The van der Waals surface area contributed by atoms with Gasteiger partial charge in [0.2, 0.25) is 0 Å². The number of hydrogen-bond donors (Lipinski definition) is 1. The van der Waals surface area contributed by atoms with E-state index in [9.17, 15) is 8.78 Å². The molecule has 0 spiro atoms. The Morgan fingerprint density at radius 3 is 2.52 bits per heavy atom. The third-order valence-electron chi connectivity index (χ3n) is 4.30. The van der Waals surface area contributed by atoms with Gasteiger partial charge in [-0.25, -0.2) is 8.78 Å². The van der Waals surface area contributed by atoms with Crippen LogP contribution in [0.15, 0.2) is 48.5 Å². The van der Waals surface area contributed by atoms with Crippen molar-refractivity contribution in [3.05, 3.63) is 65.7 Å². The van der Waals surface area contributed by atoms with Crippen molar-refractivity contribution in [3.63, 3.8) is 0 Å². The molecule has 0 radical (unpaired) electrons. The molecule has 1 fully saturated rings. The predicted octanol–water partition coefficient (Wildman–Crippen LogP) is 4.07. The van der Waals surface area contributed by atoms with E-state index in [0.29, 0.717) is 5.75 Å². The first-order chi connectivity index (χ1) is 12.1. The fourth-order valence-electron chi connectivity index (χ4n) is 2.75. The van der Waals surface area contributed by atoms with Crippen LogP contribution >= 0.6 is 0 Å². The van der Waals surface area contributed by atoms with Crippen molar-refractivity contribution in [2.45, 2.75) is 6.92 Å². The molecule has 132 valence electrons. The lowest BCUT2D eigenvalue weighted by Crippen LogP contribution is -2.43. The van der Waals surface area contributed by atoms with Crippen molar-refractivity contribution in [1.82, 2.24) is 10.2 Å². The molecule has 1 saturated heterocycles. The maximum absolute atomic E-state index is 13.6. The number of ether oxygens (including phenoxy) is 1. The van der Waals surface area contributed by atoms with Crippen LogP contribution in [0, 0.1) is 11.6 Å². The second-order valence-electron chi connectivity index (χ2n) is 6.14. The highest BCUT2D eigenvalue weighted by Gasteiger charge is 2.08. The van der Waals surface area contributed by atoms with Crippen LogP contribution in [0.2, 0.25) is 0 Å². The zero-order valence-electron chi connectivity index (χ0n) is 14.3. The highest BCUT2D eigenvalue weighted by molar-refractivity contribution is 5.64. The predicted molar refractivity (Wildman–Crippen MR) is 95.8 cm³/mol. The lowest BCUT2D eigenvalue weighted by atomic mass is 10.1. The van der Waals surface area contributed by atoms with Gasteiger partial charge in [-0.3, -0.25) is 4.90 Å². The monoisotopic (exact) mass is 344 g/mol. The first-order valence-corrected chi connectivity index (χ1v) is 8.45. The van der Waals surface area contributed by atoms with Crippen molar-refractivity contribution >= 4 is 5.57 Å². The Bertz CT molecular complexity index is 738. The second kappa shape index (κ2) is 8.23. The Kier molecular flexibility index (Phi) is 5.79. The number of rotatable bonds is 5. The fraction of sp³-hybridized carbons (Fsp3) is 0.300. The molecule has 0 aliphatic carbocycles. The minimum Gasteiger partial charge on any atom is -0.454 e. The molecule has 2 aromatic rings. The van der Waals surface area contributed by atoms with Gasteiger partial charge in [-0.2, -0.15) is 0 Å². The van der Waals surface area contributed by atoms with Crippen molar-refractivity contribution in [2.24, 2.45) is 0 Å². The van der Waals surface area contributed by atoms with E-state index in [2.05, 4.69) is 23.2 Å². The molecule has 0 aromatic heterocycles. The largest absolute Gasteiger partial charge is 0.454 e. The lowest BCUT2D eigenvalue weighted by Gasteiger charge is -2.26. The lowest BCUT2D eigenvalue weighted by molar-refractivity contribution is 0.265. The normalized spacial score (nSPS) is 16.0. The van der Waals surface area contributed by atoms with E-state index in [1.54, 1.807) is 12.1 Å². The van der Waals surface area contributed by atoms with Gasteiger partial charge in [-0.15, -0.1) is 0 Å². The molecule has 0 bridgehead atoms. The van der Waals surface area contributed by atoms with E-state index < -0.39 is 11.6 Å². The summed E-state index contributed by atoms with van der Waals surface area (Å²) in [6.45, 7) is 7.24. The van der Waals surface area contributed by atoms with Crippen LogP contribution in [0.5, 0.6) is 11.5 Å². The first kappa shape index (κ1) is 17.6. The molecular weight excluding hydrogens is 322 g/mol. The average molecular weight is 344 g/mol. The number of allylic oxidation sites excluding steroid dienone is 1. The van der Waals surface area contributed by atoms with Crippen molar-refractivity contribution in [2.75, 3.05) is 32.7 Å². The number of piperazine rings is 1. The molecule has 1 heterocycles. The smallest absolute Gasteiger partial charge is 0.168 e. The number of hydrogen-bond acceptors (Lipinski definition) is 3. The summed E-state index contributed by atoms with van der Waals surface area (Å²) >= 11 is 0. The molecule has 1 aliphatic heterocycles. The second-order valence-corrected chi connectivity index (χ2v) is 6.14. The Morgan fingerprint density at radius 1 is 1.12 bits per heavy atom. The summed E-state index contributed by atoms with van der Waals surface area (Å²) in [7, 11) is 0. The number of benzene rings is 2. The van der Waals surface area contributed by atoms with E-state index in [1.807, 2.05) is 12.1 Å². The molecule has 1 aliphatic rings. The first-order valence-electron chi connectivity index (χ1n) is 8.45. The molecule has 0 unspecified atom stereocenters. The van der Waals surface area contributed by atoms with Crippen LogP contribution in [0.1, 0.15) is 12.5 Å². The molecule has 25 heavy (non-hydrogen) atoms. The molecule has 2 aromatic carbocycles. The molecule has 1 N–H and O–H groups in total. The fourth-order valence-corrected chi connectivity index (χ4v) is 2.75. The van der Waals surface area contributed by atoms with E-state index in [4.69, 9.17) is 4.74 Å². The SMILES string of the molecule is C/C(=C/CN1CCNCC1)c1ccc(Oc2ccc(F)cc2F)cc1. The van der Waals surface area contributed by atoms with Crippen LogP contribution in [0.3, 0.4) is 0 Å². The molecule has 5 heteroatoms. The Labute approximate surface area is 146 Å². The van der Waals surface area contributed by atoms with Crippen molar-refractivity contribution in [1.29, 1.82) is 0 Å². The molecular formula is C20H22F2N2O. The Hall–Kier alpha value is -2.24. The van der Waals surface area contributed by atoms with Crippen molar-refractivity contribution < 1.29 is 13.5 Å². The van der Waals surface area contributed by atoms with Crippen LogP contribution < -0.4 is 10.1 Å². The summed E-state index contributed by atoms with van der Waals surface area (Å²) in [6.07, 6.45) is 2.22. The summed E-state index contributed by atoms with van der Waals surface area (Å²) in [4.78, 5) is 2.41. The maximum Gasteiger partial charge on any atom is 0.168 e. The van der Waals surface area contributed by atoms with E-state index >= 15 is 0 Å². The molecule has 0 amide bonds. The summed E-state index contributed by atoms with van der Waals surface area (Å²) in [6, 6.07) is 10.8. The van der Waals surface area contributed by atoms with Crippen LogP contribution in [-0.4, -0.2) is 37.6 Å². The maximum atomic E-state index is 13.6. The topological polar surface area (TPSA) is 24.5 Å². The van der Waals surface area contributed by atoms with E-state index in [-0.39, 0.29) is 5.75 Å². The van der Waals surface area contributed by atoms with Gasteiger partial charge in [0.05, 0.1) is 0 Å². The summed E-state index contributed by atoms with van der Waals surface area (Å²) in [5, 5.41) is 3.34. The van der Waals surface area contributed by atoms with Gasteiger partial charge < -0.3 is 10.1 Å². The van der Waals surface area contributed by atoms with Gasteiger partial charge >= 0.3 is 0 Å². The van der Waals surface area contributed by atoms with Crippen molar-refractivity contribution in [3.8, 4) is 11.5 Å². The minimum absolute atomic E-state index is 0.0140. The van der Waals surface area contributed by atoms with E-state index in [1.165, 1.54) is 17.7 Å².